The van der Waals surface area contributed by atoms with E-state index in [-0.39, 0.29) is 0 Å². The Morgan fingerprint density at radius 1 is 0.542 bits per heavy atom. The lowest BCUT2D eigenvalue weighted by molar-refractivity contribution is 1.25. The van der Waals surface area contributed by atoms with Crippen LogP contribution in [0.5, 0.6) is 0 Å². The number of rotatable bonds is 0. The van der Waals surface area contributed by atoms with E-state index in [1.54, 1.807) is 0 Å². The van der Waals surface area contributed by atoms with E-state index in [1.165, 1.54) is 0 Å². The maximum absolute atomic E-state index is 6.10. The van der Waals surface area contributed by atoms with E-state index >= 15 is 0 Å². The highest BCUT2D eigenvalue weighted by Crippen LogP contribution is 2.14. The zero-order valence-corrected chi connectivity index (χ0v) is 14.1. The first-order valence-electron chi connectivity index (χ1n) is 7.22. The molecule has 3 rings (SSSR count). The smallest absolute Gasteiger partial charge is 0.115 e. The second-order valence-electron chi connectivity index (χ2n) is 4.87. The van der Waals surface area contributed by atoms with Gasteiger partial charge in [-0.15, -0.1) is 0 Å². The van der Waals surface area contributed by atoms with Gasteiger partial charge in [0.2, 0.25) is 0 Å². The summed E-state index contributed by atoms with van der Waals surface area (Å²) in [4.78, 5) is 4.43. The molecule has 0 aliphatic carbocycles. The molecule has 0 aliphatic rings. The topological polar surface area (TPSA) is 12.9 Å². The van der Waals surface area contributed by atoms with Gasteiger partial charge < -0.3 is 0 Å². The lowest BCUT2D eigenvalue weighted by atomic mass is 10.2. The molecule has 24 heavy (non-hydrogen) atoms. The van der Waals surface area contributed by atoms with Crippen LogP contribution in [0.2, 0.25) is 10.0 Å². The van der Waals surface area contributed by atoms with Crippen molar-refractivity contribution in [1.82, 2.24) is 4.98 Å². The third kappa shape index (κ3) is 4.18. The minimum atomic E-state index is 0.625. The summed E-state index contributed by atoms with van der Waals surface area (Å²) in [6.07, 6.45) is 0. The Kier molecular flexibility index (Phi) is 5.19. The molecule has 0 aliphatic heterocycles. The quantitative estimate of drug-likeness (QED) is 0.510. The van der Waals surface area contributed by atoms with Gasteiger partial charge in [-0.2, -0.15) is 0 Å². The van der Waals surface area contributed by atoms with E-state index in [4.69, 9.17) is 23.2 Å². The second-order valence-corrected chi connectivity index (χ2v) is 5.68. The number of halogens is 2. The highest BCUT2D eigenvalue weighted by molar-refractivity contribution is 6.32. The SMILES string of the molecule is Clc1ccccc1C#Cc1cccc(C#Cc2ccccc2Cl)n1. The Hall–Kier alpha value is -2.71. The first-order valence-corrected chi connectivity index (χ1v) is 7.98. The zero-order chi connectivity index (χ0) is 16.8. The van der Waals surface area contributed by atoms with Crippen LogP contribution in [0, 0.1) is 23.7 Å². The van der Waals surface area contributed by atoms with Crippen molar-refractivity contribution in [3.8, 4) is 23.7 Å². The maximum Gasteiger partial charge on any atom is 0.115 e. The second kappa shape index (κ2) is 7.71. The van der Waals surface area contributed by atoms with E-state index in [1.807, 2.05) is 66.7 Å². The van der Waals surface area contributed by atoms with E-state index in [0.717, 1.165) is 11.1 Å². The number of benzene rings is 2. The molecule has 0 amide bonds. The predicted molar refractivity (Wildman–Crippen MR) is 99.1 cm³/mol. The lowest BCUT2D eigenvalue weighted by Gasteiger charge is -1.95. The normalized spacial score (nSPS) is 9.42. The van der Waals surface area contributed by atoms with E-state index < -0.39 is 0 Å². The van der Waals surface area contributed by atoms with Gasteiger partial charge in [-0.3, -0.25) is 0 Å². The van der Waals surface area contributed by atoms with E-state index in [2.05, 4.69) is 28.7 Å². The van der Waals surface area contributed by atoms with Crippen LogP contribution in [0.3, 0.4) is 0 Å². The molecule has 0 N–H and O–H groups in total. The molecule has 0 radical (unpaired) electrons. The Morgan fingerprint density at radius 3 is 1.46 bits per heavy atom. The van der Waals surface area contributed by atoms with Crippen LogP contribution in [-0.2, 0) is 0 Å². The van der Waals surface area contributed by atoms with Gasteiger partial charge in [-0.25, -0.2) is 4.98 Å². The fourth-order valence-electron chi connectivity index (χ4n) is 1.96. The molecular formula is C21H11Cl2N. The molecule has 3 heteroatoms. The third-order valence-corrected chi connectivity index (χ3v) is 3.81. The van der Waals surface area contributed by atoms with Crippen LogP contribution in [-0.4, -0.2) is 4.98 Å². The summed E-state index contributed by atoms with van der Waals surface area (Å²) in [5.41, 5.74) is 2.82. The Bertz CT molecular complexity index is 922. The van der Waals surface area contributed by atoms with E-state index in [9.17, 15) is 0 Å². The molecule has 0 bridgehead atoms. The standard InChI is InChI=1S/C21H11Cl2N/c22-20-10-3-1-6-16(20)12-14-18-8-5-9-19(24-18)15-13-17-7-2-4-11-21(17)23/h1-11H. The summed E-state index contributed by atoms with van der Waals surface area (Å²) in [5, 5.41) is 1.25. The third-order valence-electron chi connectivity index (χ3n) is 3.15. The van der Waals surface area contributed by atoms with E-state index in [0.29, 0.717) is 21.4 Å². The number of aromatic nitrogens is 1. The van der Waals surface area contributed by atoms with Crippen molar-refractivity contribution in [3.05, 3.63) is 99.3 Å². The van der Waals surface area contributed by atoms with Crippen molar-refractivity contribution in [2.24, 2.45) is 0 Å². The summed E-state index contributed by atoms with van der Waals surface area (Å²) >= 11 is 12.2. The maximum atomic E-state index is 6.10. The monoisotopic (exact) mass is 347 g/mol. The fraction of sp³-hybridized carbons (Fsp3) is 0. The first kappa shape index (κ1) is 16.2. The average molecular weight is 348 g/mol. The highest BCUT2D eigenvalue weighted by Gasteiger charge is 1.96. The Labute approximate surface area is 151 Å². The molecule has 2 aromatic carbocycles. The molecule has 1 heterocycles. The van der Waals surface area contributed by atoms with Gasteiger partial charge in [0.25, 0.3) is 0 Å². The first-order chi connectivity index (χ1) is 11.7. The largest absolute Gasteiger partial charge is 0.231 e. The van der Waals surface area contributed by atoms with Gasteiger partial charge in [0.15, 0.2) is 0 Å². The van der Waals surface area contributed by atoms with Gasteiger partial charge >= 0.3 is 0 Å². The summed E-state index contributed by atoms with van der Waals surface area (Å²) in [6.45, 7) is 0. The molecule has 0 saturated carbocycles. The van der Waals surface area contributed by atoms with Crippen LogP contribution in [0.1, 0.15) is 22.5 Å². The van der Waals surface area contributed by atoms with Gasteiger partial charge in [-0.1, -0.05) is 65.4 Å². The highest BCUT2D eigenvalue weighted by atomic mass is 35.5. The van der Waals surface area contributed by atoms with Gasteiger partial charge in [0.1, 0.15) is 11.4 Å². The molecule has 0 spiro atoms. The Balaban J connectivity index is 1.87. The van der Waals surface area contributed by atoms with Gasteiger partial charge in [0, 0.05) is 11.1 Å². The molecule has 3 aromatic rings. The molecule has 0 unspecified atom stereocenters. The summed E-state index contributed by atoms with van der Waals surface area (Å²) in [7, 11) is 0. The summed E-state index contributed by atoms with van der Waals surface area (Å²) < 4.78 is 0. The average Bonchev–Trinajstić information content (AvgIpc) is 2.61. The Morgan fingerprint density at radius 2 is 1.00 bits per heavy atom. The molecule has 1 nitrogen and oxygen atoms in total. The zero-order valence-electron chi connectivity index (χ0n) is 12.6. The molecule has 0 saturated heterocycles. The van der Waals surface area contributed by atoms with Crippen molar-refractivity contribution in [2.45, 2.75) is 0 Å². The van der Waals surface area contributed by atoms with Gasteiger partial charge in [-0.05, 0) is 48.2 Å². The molecule has 0 fully saturated rings. The van der Waals surface area contributed by atoms with Crippen molar-refractivity contribution in [2.75, 3.05) is 0 Å². The predicted octanol–water partition coefficient (Wildman–Crippen LogP) is 5.19. The van der Waals surface area contributed by atoms with Crippen molar-refractivity contribution in [3.63, 3.8) is 0 Å². The molecule has 1 aromatic heterocycles. The summed E-state index contributed by atoms with van der Waals surface area (Å²) in [5.74, 6) is 12.1. The number of nitrogens with zero attached hydrogens (tertiary/aromatic N) is 1. The van der Waals surface area contributed by atoms with Crippen molar-refractivity contribution >= 4 is 23.2 Å². The van der Waals surface area contributed by atoms with Crippen molar-refractivity contribution in [1.29, 1.82) is 0 Å². The minimum absolute atomic E-state index is 0.625. The van der Waals surface area contributed by atoms with Crippen molar-refractivity contribution < 1.29 is 0 Å². The number of pyridine rings is 1. The molecule has 0 atom stereocenters. The lowest BCUT2D eigenvalue weighted by Crippen LogP contribution is -1.87. The molecule has 114 valence electrons. The van der Waals surface area contributed by atoms with Crippen LogP contribution in [0.15, 0.2) is 66.7 Å². The van der Waals surface area contributed by atoms with Crippen LogP contribution >= 0.6 is 23.2 Å². The van der Waals surface area contributed by atoms with Crippen LogP contribution < -0.4 is 0 Å². The summed E-state index contributed by atoms with van der Waals surface area (Å²) in [6, 6.07) is 20.5. The fourth-order valence-corrected chi connectivity index (χ4v) is 2.33. The molecular weight excluding hydrogens is 337 g/mol. The number of hydrogen-bond acceptors (Lipinski definition) is 1. The number of hydrogen-bond donors (Lipinski definition) is 0. The minimum Gasteiger partial charge on any atom is -0.231 e. The van der Waals surface area contributed by atoms with Crippen LogP contribution in [0.4, 0.5) is 0 Å². The van der Waals surface area contributed by atoms with Crippen LogP contribution in [0.25, 0.3) is 0 Å². The van der Waals surface area contributed by atoms with Gasteiger partial charge in [0.05, 0.1) is 10.0 Å².